The number of fused-ring (bicyclic) bond motifs is 7. The fourth-order valence-electron chi connectivity index (χ4n) is 11.1. The molecule has 228 valence electrons. The first kappa shape index (κ1) is 30.3. The average molecular weight is 571 g/mol. The summed E-state index contributed by atoms with van der Waals surface area (Å²) in [4.78, 5) is 51.5. The number of carbonyl (C=O) groups excluding carboxylic acids is 3. The molecule has 0 unspecified atom stereocenters. The quantitative estimate of drug-likeness (QED) is 0.383. The number of carbonyl (C=O) groups is 4. The van der Waals surface area contributed by atoms with Crippen LogP contribution in [0.1, 0.15) is 113 Å². The van der Waals surface area contributed by atoms with Crippen LogP contribution in [0.2, 0.25) is 0 Å². The van der Waals surface area contributed by atoms with Gasteiger partial charge in [0.1, 0.15) is 12.7 Å². The van der Waals surface area contributed by atoms with Gasteiger partial charge in [-0.2, -0.15) is 0 Å². The maximum absolute atomic E-state index is 14.5. The minimum Gasteiger partial charge on any atom is -0.481 e. The maximum Gasteiger partial charge on any atom is 0.310 e. The van der Waals surface area contributed by atoms with E-state index < -0.39 is 22.9 Å². The van der Waals surface area contributed by atoms with Crippen LogP contribution in [0.15, 0.2) is 11.6 Å². The Morgan fingerprint density at radius 3 is 2.17 bits per heavy atom. The standard InChI is InChI=1S/C34H50O7/c1-20(35)40-19-31(6)25-9-12-33(8)27(30(25,5)11-10-26(31)41-21(2)36)24(37)17-22-23-18-29(3,4)13-15-34(23,28(38)39)16-14-32(22,33)7/h17,23,25-27H,9-16,18-19H2,1-8H3,(H,38,39)/t23-,25-,26+,27-,30-,31+,32+,33-,34+/m1/s1. The van der Waals surface area contributed by atoms with E-state index in [1.54, 1.807) is 0 Å². The molecule has 41 heavy (non-hydrogen) atoms. The molecule has 0 aromatic rings. The average Bonchev–Trinajstić information content (AvgIpc) is 2.85. The summed E-state index contributed by atoms with van der Waals surface area (Å²) < 4.78 is 11.5. The predicted molar refractivity (Wildman–Crippen MR) is 154 cm³/mol. The molecule has 9 atom stereocenters. The first-order valence-corrected chi connectivity index (χ1v) is 15.7. The number of carboxylic acid groups (broad SMARTS) is 1. The Morgan fingerprint density at radius 1 is 0.902 bits per heavy atom. The van der Waals surface area contributed by atoms with Crippen molar-refractivity contribution in [2.24, 2.45) is 50.2 Å². The fraction of sp³-hybridized carbons (Fsp3) is 0.824. The van der Waals surface area contributed by atoms with Gasteiger partial charge >= 0.3 is 17.9 Å². The molecule has 5 aliphatic carbocycles. The summed E-state index contributed by atoms with van der Waals surface area (Å²) in [5.41, 5.74) is -1.29. The van der Waals surface area contributed by atoms with E-state index in [0.29, 0.717) is 19.3 Å². The van der Waals surface area contributed by atoms with Crippen molar-refractivity contribution in [1.82, 2.24) is 0 Å². The highest BCUT2D eigenvalue weighted by Crippen LogP contribution is 2.75. The molecule has 0 aromatic heterocycles. The molecule has 5 rings (SSSR count). The molecule has 0 radical (unpaired) electrons. The van der Waals surface area contributed by atoms with Crippen molar-refractivity contribution >= 4 is 23.7 Å². The number of rotatable bonds is 4. The van der Waals surface area contributed by atoms with Gasteiger partial charge in [0.2, 0.25) is 0 Å². The van der Waals surface area contributed by atoms with Crippen molar-refractivity contribution in [2.45, 2.75) is 119 Å². The van der Waals surface area contributed by atoms with Crippen LogP contribution < -0.4 is 0 Å². The summed E-state index contributed by atoms with van der Waals surface area (Å²) in [5, 5.41) is 10.6. The van der Waals surface area contributed by atoms with E-state index in [1.807, 2.05) is 6.08 Å². The van der Waals surface area contributed by atoms with E-state index in [4.69, 9.17) is 9.47 Å². The van der Waals surface area contributed by atoms with Gasteiger partial charge < -0.3 is 14.6 Å². The van der Waals surface area contributed by atoms with Gasteiger partial charge in [0.15, 0.2) is 5.78 Å². The number of esters is 2. The molecule has 0 spiro atoms. The van der Waals surface area contributed by atoms with Crippen LogP contribution in [-0.4, -0.2) is 41.5 Å². The van der Waals surface area contributed by atoms with Crippen molar-refractivity contribution in [2.75, 3.05) is 6.61 Å². The van der Waals surface area contributed by atoms with Crippen LogP contribution in [0.3, 0.4) is 0 Å². The Morgan fingerprint density at radius 2 is 1.56 bits per heavy atom. The molecule has 5 aliphatic rings. The highest BCUT2D eigenvalue weighted by Gasteiger charge is 2.72. The minimum absolute atomic E-state index is 0.0170. The van der Waals surface area contributed by atoms with Crippen LogP contribution in [0, 0.1) is 50.2 Å². The lowest BCUT2D eigenvalue weighted by Gasteiger charge is -2.70. The highest BCUT2D eigenvalue weighted by molar-refractivity contribution is 5.96. The maximum atomic E-state index is 14.5. The molecule has 0 bridgehead atoms. The van der Waals surface area contributed by atoms with Crippen molar-refractivity contribution < 1.29 is 33.8 Å². The number of hydrogen-bond acceptors (Lipinski definition) is 6. The first-order chi connectivity index (χ1) is 18.9. The van der Waals surface area contributed by atoms with E-state index in [2.05, 4.69) is 41.5 Å². The molecule has 7 heteroatoms. The zero-order chi connectivity index (χ0) is 30.4. The summed E-state index contributed by atoms with van der Waals surface area (Å²) in [6, 6.07) is 0. The molecule has 0 amide bonds. The van der Waals surface area contributed by atoms with Gasteiger partial charge in [0.05, 0.1) is 5.41 Å². The fourth-order valence-corrected chi connectivity index (χ4v) is 11.1. The molecule has 0 heterocycles. The molecular formula is C34H50O7. The third-order valence-corrected chi connectivity index (χ3v) is 13.4. The number of ketones is 1. The molecule has 0 aromatic carbocycles. The molecular weight excluding hydrogens is 520 g/mol. The molecule has 1 N–H and O–H groups in total. The number of aliphatic carboxylic acids is 1. The highest BCUT2D eigenvalue weighted by atomic mass is 16.6. The van der Waals surface area contributed by atoms with E-state index in [-0.39, 0.29) is 63.7 Å². The molecule has 4 saturated carbocycles. The lowest BCUT2D eigenvalue weighted by molar-refractivity contribution is -0.223. The summed E-state index contributed by atoms with van der Waals surface area (Å²) >= 11 is 0. The van der Waals surface area contributed by atoms with E-state index >= 15 is 0 Å². The Kier molecular flexibility index (Phi) is 6.95. The first-order valence-electron chi connectivity index (χ1n) is 15.7. The Bertz CT molecular complexity index is 1200. The SMILES string of the molecule is CC(=O)OC[C@@]1(C)[C@@H]2CC[C@]3(C)[C@H](C(=O)C=C4[C@H]5CC(C)(C)CC[C@]5(C(=O)O)CC[C@@]43C)[C@]2(C)CC[C@@H]1OC(C)=O. The number of hydrogen-bond donors (Lipinski definition) is 1. The lowest BCUT2D eigenvalue weighted by Crippen LogP contribution is -2.68. The summed E-state index contributed by atoms with van der Waals surface area (Å²) in [6.07, 6.45) is 8.25. The monoisotopic (exact) mass is 570 g/mol. The summed E-state index contributed by atoms with van der Waals surface area (Å²) in [7, 11) is 0. The number of ether oxygens (including phenoxy) is 2. The van der Waals surface area contributed by atoms with Gasteiger partial charge in [-0.3, -0.25) is 19.2 Å². The number of allylic oxidation sites excluding steroid dienone is 2. The van der Waals surface area contributed by atoms with Crippen molar-refractivity contribution in [3.8, 4) is 0 Å². The second kappa shape index (κ2) is 9.41. The number of carboxylic acids is 1. The van der Waals surface area contributed by atoms with Gasteiger partial charge in [-0.25, -0.2) is 0 Å². The van der Waals surface area contributed by atoms with Crippen LogP contribution >= 0.6 is 0 Å². The third-order valence-electron chi connectivity index (χ3n) is 13.4. The normalized spacial score (nSPS) is 46.5. The Hall–Kier alpha value is -2.18. The van der Waals surface area contributed by atoms with Crippen LogP contribution in [0.5, 0.6) is 0 Å². The summed E-state index contributed by atoms with van der Waals surface area (Å²) in [6.45, 7) is 16.4. The Balaban J connectivity index is 1.60. The zero-order valence-corrected chi connectivity index (χ0v) is 26.4. The lowest BCUT2D eigenvalue weighted by atomic mass is 9.33. The second-order valence-electron chi connectivity index (χ2n) is 16.1. The zero-order valence-electron chi connectivity index (χ0n) is 26.4. The van der Waals surface area contributed by atoms with Crippen molar-refractivity contribution in [1.29, 1.82) is 0 Å². The smallest absolute Gasteiger partial charge is 0.310 e. The largest absolute Gasteiger partial charge is 0.481 e. The second-order valence-corrected chi connectivity index (χ2v) is 16.1. The molecule has 4 fully saturated rings. The van der Waals surface area contributed by atoms with E-state index in [9.17, 15) is 24.3 Å². The predicted octanol–water partition coefficient (Wildman–Crippen LogP) is 6.53. The molecule has 0 aliphatic heterocycles. The molecule has 7 nitrogen and oxygen atoms in total. The van der Waals surface area contributed by atoms with Crippen LogP contribution in [0.4, 0.5) is 0 Å². The summed E-state index contributed by atoms with van der Waals surface area (Å²) in [5.74, 6) is -1.66. The van der Waals surface area contributed by atoms with Crippen LogP contribution in [-0.2, 0) is 28.7 Å². The van der Waals surface area contributed by atoms with Gasteiger partial charge in [-0.1, -0.05) is 47.1 Å². The Labute approximate surface area is 245 Å². The molecule has 0 saturated heterocycles. The van der Waals surface area contributed by atoms with E-state index in [1.165, 1.54) is 13.8 Å². The van der Waals surface area contributed by atoms with Crippen molar-refractivity contribution in [3.63, 3.8) is 0 Å². The minimum atomic E-state index is -0.796. The van der Waals surface area contributed by atoms with Crippen LogP contribution in [0.25, 0.3) is 0 Å². The van der Waals surface area contributed by atoms with Gasteiger partial charge in [-0.05, 0) is 97.4 Å². The van der Waals surface area contributed by atoms with Gasteiger partial charge in [0, 0.05) is 25.2 Å². The third kappa shape index (κ3) is 4.17. The van der Waals surface area contributed by atoms with Gasteiger partial charge in [0.25, 0.3) is 0 Å². The topological polar surface area (TPSA) is 107 Å². The van der Waals surface area contributed by atoms with Crippen molar-refractivity contribution in [3.05, 3.63) is 11.6 Å². The van der Waals surface area contributed by atoms with Gasteiger partial charge in [-0.15, -0.1) is 0 Å². The van der Waals surface area contributed by atoms with E-state index in [0.717, 1.165) is 44.1 Å².